The maximum atomic E-state index is 10.9. The van der Waals surface area contributed by atoms with Crippen molar-refractivity contribution in [2.45, 2.75) is 31.1 Å². The van der Waals surface area contributed by atoms with Crippen LogP contribution in [-0.2, 0) is 9.84 Å². The summed E-state index contributed by atoms with van der Waals surface area (Å²) >= 11 is 0. The Morgan fingerprint density at radius 3 is 2.18 bits per heavy atom. The molecule has 1 N–H and O–H groups in total. The van der Waals surface area contributed by atoms with Crippen LogP contribution in [-0.4, -0.2) is 31.1 Å². The van der Waals surface area contributed by atoms with Gasteiger partial charge in [-0.25, -0.2) is 8.42 Å². The van der Waals surface area contributed by atoms with Gasteiger partial charge in [-0.2, -0.15) is 0 Å². The molecule has 0 radical (unpaired) electrons. The molecule has 1 saturated carbocycles. The quantitative estimate of drug-likeness (QED) is 0.671. The molecule has 1 aliphatic rings. The number of hydrogen-bond donors (Lipinski definition) is 1. The van der Waals surface area contributed by atoms with E-state index in [4.69, 9.17) is 0 Å². The van der Waals surface area contributed by atoms with Gasteiger partial charge in [0.15, 0.2) is 9.84 Å². The van der Waals surface area contributed by atoms with Crippen molar-refractivity contribution < 1.29 is 13.5 Å². The second-order valence-electron chi connectivity index (χ2n) is 3.36. The van der Waals surface area contributed by atoms with E-state index >= 15 is 0 Å². The van der Waals surface area contributed by atoms with Gasteiger partial charge in [0.25, 0.3) is 0 Å². The molecule has 2 unspecified atom stereocenters. The summed E-state index contributed by atoms with van der Waals surface area (Å²) in [6.45, 7) is 1.57. The minimum absolute atomic E-state index is 0.236. The highest BCUT2D eigenvalue weighted by Gasteiger charge is 2.37. The lowest BCUT2D eigenvalue weighted by atomic mass is 10.2. The van der Waals surface area contributed by atoms with Gasteiger partial charge in [-0.3, -0.25) is 0 Å². The molecule has 0 aromatic heterocycles. The van der Waals surface area contributed by atoms with Crippen molar-refractivity contribution >= 4 is 9.84 Å². The molecule has 1 fully saturated rings. The van der Waals surface area contributed by atoms with Crippen molar-refractivity contribution in [2.75, 3.05) is 6.26 Å². The zero-order valence-corrected chi connectivity index (χ0v) is 7.63. The first kappa shape index (κ1) is 9.00. The molecule has 0 amide bonds. The van der Waals surface area contributed by atoms with Crippen LogP contribution in [0.1, 0.15) is 19.8 Å². The molecule has 0 bridgehead atoms. The van der Waals surface area contributed by atoms with E-state index in [1.54, 1.807) is 6.92 Å². The highest BCUT2D eigenvalue weighted by Crippen LogP contribution is 2.35. The highest BCUT2D eigenvalue weighted by atomic mass is 32.2. The van der Waals surface area contributed by atoms with Crippen molar-refractivity contribution in [3.63, 3.8) is 0 Å². The number of aliphatic hydroxyl groups is 1. The molecule has 4 heteroatoms. The Kier molecular flexibility index (Phi) is 2.25. The first-order valence-electron chi connectivity index (χ1n) is 3.80. The molecule has 66 valence electrons. The monoisotopic (exact) mass is 178 g/mol. The first-order chi connectivity index (χ1) is 4.93. The van der Waals surface area contributed by atoms with Crippen molar-refractivity contribution in [1.29, 1.82) is 0 Å². The van der Waals surface area contributed by atoms with Crippen LogP contribution in [0.25, 0.3) is 0 Å². The van der Waals surface area contributed by atoms with E-state index in [0.717, 1.165) is 12.8 Å². The average Bonchev–Trinajstić information content (AvgIpc) is 2.63. The maximum absolute atomic E-state index is 10.9. The highest BCUT2D eigenvalue weighted by molar-refractivity contribution is 7.91. The van der Waals surface area contributed by atoms with E-state index in [-0.39, 0.29) is 5.92 Å². The van der Waals surface area contributed by atoms with Crippen molar-refractivity contribution in [2.24, 2.45) is 5.92 Å². The second kappa shape index (κ2) is 2.75. The third-order valence-electron chi connectivity index (χ3n) is 2.26. The molecule has 0 aromatic carbocycles. The lowest BCUT2D eigenvalue weighted by Gasteiger charge is -2.15. The molecule has 0 spiro atoms. The molecule has 0 saturated heterocycles. The van der Waals surface area contributed by atoms with Gasteiger partial charge in [-0.05, 0) is 25.7 Å². The van der Waals surface area contributed by atoms with E-state index in [9.17, 15) is 13.5 Å². The summed E-state index contributed by atoms with van der Waals surface area (Å²) in [6, 6.07) is 0. The molecule has 1 aliphatic carbocycles. The first-order valence-corrected chi connectivity index (χ1v) is 5.75. The topological polar surface area (TPSA) is 54.4 Å². The molecule has 0 heterocycles. The summed E-state index contributed by atoms with van der Waals surface area (Å²) in [5.74, 6) is 0.236. The average molecular weight is 178 g/mol. The third-order valence-corrected chi connectivity index (χ3v) is 3.89. The minimum atomic E-state index is -3.06. The molecule has 0 aliphatic heterocycles. The Balaban J connectivity index is 2.59. The van der Waals surface area contributed by atoms with Crippen molar-refractivity contribution in [3.8, 4) is 0 Å². The molecular formula is C7H14O3S. The molecule has 2 atom stereocenters. The molecule has 1 rings (SSSR count). The summed E-state index contributed by atoms with van der Waals surface area (Å²) < 4.78 is 21.9. The summed E-state index contributed by atoms with van der Waals surface area (Å²) in [4.78, 5) is 0. The van der Waals surface area contributed by atoms with Crippen LogP contribution in [0.15, 0.2) is 0 Å². The number of aliphatic hydroxyl groups excluding tert-OH is 1. The predicted molar refractivity (Wildman–Crippen MR) is 43.0 cm³/mol. The predicted octanol–water partition coefficient (Wildman–Crippen LogP) is 0.190. The van der Waals surface area contributed by atoms with E-state index in [1.807, 2.05) is 0 Å². The Morgan fingerprint density at radius 1 is 1.45 bits per heavy atom. The van der Waals surface area contributed by atoms with Gasteiger partial charge in [0.05, 0.1) is 11.4 Å². The van der Waals surface area contributed by atoms with E-state index < -0.39 is 21.2 Å². The number of hydrogen-bond acceptors (Lipinski definition) is 3. The van der Waals surface area contributed by atoms with Crippen LogP contribution in [0, 0.1) is 5.92 Å². The van der Waals surface area contributed by atoms with E-state index in [2.05, 4.69) is 0 Å². The van der Waals surface area contributed by atoms with Crippen LogP contribution >= 0.6 is 0 Å². The van der Waals surface area contributed by atoms with Gasteiger partial charge in [0.1, 0.15) is 0 Å². The zero-order chi connectivity index (χ0) is 8.65. The van der Waals surface area contributed by atoms with Crippen molar-refractivity contribution in [3.05, 3.63) is 0 Å². The SMILES string of the molecule is CC(C(O)C1CC1)S(C)(=O)=O. The van der Waals surface area contributed by atoms with Gasteiger partial charge in [-0.1, -0.05) is 0 Å². The van der Waals surface area contributed by atoms with E-state index in [1.165, 1.54) is 6.26 Å². The maximum Gasteiger partial charge on any atom is 0.152 e. The van der Waals surface area contributed by atoms with Crippen LogP contribution in [0.2, 0.25) is 0 Å². The fourth-order valence-corrected chi connectivity index (χ4v) is 1.80. The fraction of sp³-hybridized carbons (Fsp3) is 1.00. The lowest BCUT2D eigenvalue weighted by Crippen LogP contribution is -2.32. The summed E-state index contributed by atoms with van der Waals surface area (Å²) in [6.07, 6.45) is 2.47. The summed E-state index contributed by atoms with van der Waals surface area (Å²) in [5.41, 5.74) is 0. The van der Waals surface area contributed by atoms with Gasteiger partial charge < -0.3 is 5.11 Å². The largest absolute Gasteiger partial charge is 0.392 e. The third kappa shape index (κ3) is 2.17. The Labute approximate surface area is 67.3 Å². The Bertz CT molecular complexity index is 228. The van der Waals surface area contributed by atoms with Crippen LogP contribution < -0.4 is 0 Å². The van der Waals surface area contributed by atoms with Crippen LogP contribution in [0.3, 0.4) is 0 Å². The second-order valence-corrected chi connectivity index (χ2v) is 5.77. The summed E-state index contributed by atoms with van der Waals surface area (Å²) in [5, 5.41) is 8.81. The fourth-order valence-electron chi connectivity index (χ4n) is 1.07. The zero-order valence-electron chi connectivity index (χ0n) is 6.82. The lowest BCUT2D eigenvalue weighted by molar-refractivity contribution is 0.150. The molecule has 3 nitrogen and oxygen atoms in total. The van der Waals surface area contributed by atoms with Gasteiger partial charge in [0, 0.05) is 6.26 Å². The normalized spacial score (nSPS) is 24.6. The number of sulfone groups is 1. The Hall–Kier alpha value is -0.0900. The molecule has 0 aromatic rings. The van der Waals surface area contributed by atoms with E-state index in [0.29, 0.717) is 0 Å². The van der Waals surface area contributed by atoms with Crippen LogP contribution in [0.4, 0.5) is 0 Å². The molecule has 11 heavy (non-hydrogen) atoms. The van der Waals surface area contributed by atoms with Gasteiger partial charge in [0.2, 0.25) is 0 Å². The standard InChI is InChI=1S/C7H14O3S/c1-5(11(2,9)10)7(8)6-3-4-6/h5-8H,3-4H2,1-2H3. The van der Waals surface area contributed by atoms with Crippen molar-refractivity contribution in [1.82, 2.24) is 0 Å². The summed E-state index contributed by atoms with van der Waals surface area (Å²) in [7, 11) is -3.06. The van der Waals surface area contributed by atoms with Gasteiger partial charge >= 0.3 is 0 Å². The van der Waals surface area contributed by atoms with Gasteiger partial charge in [-0.15, -0.1) is 0 Å². The molecular weight excluding hydrogens is 164 g/mol. The smallest absolute Gasteiger partial charge is 0.152 e. The number of rotatable bonds is 3. The van der Waals surface area contributed by atoms with Crippen LogP contribution in [0.5, 0.6) is 0 Å². The minimum Gasteiger partial charge on any atom is -0.392 e. The Morgan fingerprint density at radius 2 is 1.91 bits per heavy atom.